The van der Waals surface area contributed by atoms with Crippen molar-refractivity contribution in [1.82, 2.24) is 0 Å². The van der Waals surface area contributed by atoms with E-state index < -0.39 is 0 Å². The van der Waals surface area contributed by atoms with E-state index in [1.54, 1.807) is 21.6 Å². The number of aryl methyl sites for hydroxylation is 1. The van der Waals surface area contributed by atoms with Crippen LogP contribution in [0.5, 0.6) is 0 Å². The van der Waals surface area contributed by atoms with Crippen LogP contribution in [0.15, 0.2) is 23.1 Å². The fraction of sp³-hybridized carbons (Fsp3) is 0.652. The number of unbranched alkanes of at least 4 members (excludes halogenated alkanes) is 3. The number of thiophene rings is 1. The number of nitrogens with two attached hydrogens (primary N) is 1. The summed E-state index contributed by atoms with van der Waals surface area (Å²) in [6, 6.07) is 0. The molecule has 1 aliphatic carbocycles. The van der Waals surface area contributed by atoms with Gasteiger partial charge in [-0.15, -0.1) is 11.3 Å². The van der Waals surface area contributed by atoms with Crippen molar-refractivity contribution in [2.24, 2.45) is 17.6 Å². The molecule has 0 fully saturated rings. The van der Waals surface area contributed by atoms with Gasteiger partial charge in [0.25, 0.3) is 0 Å². The molecule has 1 heterocycles. The quantitative estimate of drug-likeness (QED) is 0.451. The third-order valence-corrected chi connectivity index (χ3v) is 6.86. The van der Waals surface area contributed by atoms with E-state index in [9.17, 15) is 0 Å². The average Bonchev–Trinajstić information content (AvgIpc) is 2.98. The van der Waals surface area contributed by atoms with Crippen LogP contribution in [-0.2, 0) is 6.42 Å². The molecule has 140 valence electrons. The highest BCUT2D eigenvalue weighted by Gasteiger charge is 2.26. The van der Waals surface area contributed by atoms with Crippen molar-refractivity contribution >= 4 is 16.9 Å². The summed E-state index contributed by atoms with van der Waals surface area (Å²) in [6.07, 6.45) is 14.9. The molecule has 2 heteroatoms. The van der Waals surface area contributed by atoms with Gasteiger partial charge in [0.05, 0.1) is 0 Å². The zero-order valence-corrected chi connectivity index (χ0v) is 17.6. The van der Waals surface area contributed by atoms with Crippen molar-refractivity contribution < 1.29 is 0 Å². The average molecular weight is 360 g/mol. The molecule has 0 spiro atoms. The Hall–Kier alpha value is -0.860. The van der Waals surface area contributed by atoms with Gasteiger partial charge in [-0.2, -0.15) is 0 Å². The summed E-state index contributed by atoms with van der Waals surface area (Å²) in [5.41, 5.74) is 12.2. The van der Waals surface area contributed by atoms with Gasteiger partial charge >= 0.3 is 0 Å². The molecule has 0 aliphatic heterocycles. The Balaban J connectivity index is 2.38. The molecular formula is C23H37NS. The lowest BCUT2D eigenvalue weighted by Crippen LogP contribution is -2.15. The molecule has 25 heavy (non-hydrogen) atoms. The first-order chi connectivity index (χ1) is 12.1. The van der Waals surface area contributed by atoms with Crippen LogP contribution in [0.3, 0.4) is 0 Å². The van der Waals surface area contributed by atoms with Gasteiger partial charge in [-0.25, -0.2) is 0 Å². The molecule has 2 N–H and O–H groups in total. The van der Waals surface area contributed by atoms with Crippen LogP contribution in [0.2, 0.25) is 0 Å². The highest BCUT2D eigenvalue weighted by atomic mass is 32.1. The van der Waals surface area contributed by atoms with E-state index in [1.807, 2.05) is 11.3 Å². The van der Waals surface area contributed by atoms with Gasteiger partial charge in [0.15, 0.2) is 0 Å². The van der Waals surface area contributed by atoms with Gasteiger partial charge in [-0.3, -0.25) is 0 Å². The lowest BCUT2D eigenvalue weighted by atomic mass is 9.78. The van der Waals surface area contributed by atoms with Crippen LogP contribution in [0, 0.1) is 18.8 Å². The lowest BCUT2D eigenvalue weighted by molar-refractivity contribution is 0.598. The van der Waals surface area contributed by atoms with E-state index in [-0.39, 0.29) is 0 Å². The zero-order chi connectivity index (χ0) is 18.2. The fourth-order valence-electron chi connectivity index (χ4n) is 4.06. The molecule has 1 aromatic rings. The number of hydrogen-bond donors (Lipinski definition) is 1. The highest BCUT2D eigenvalue weighted by molar-refractivity contribution is 7.11. The summed E-state index contributed by atoms with van der Waals surface area (Å²) in [4.78, 5) is 1.59. The van der Waals surface area contributed by atoms with Crippen molar-refractivity contribution in [1.29, 1.82) is 0 Å². The van der Waals surface area contributed by atoms with Crippen molar-refractivity contribution in [3.8, 4) is 0 Å². The standard InChI is InChI=1S/C23H37NS/c1-5-7-8-9-12-21-18(4)16-25-23(21)22-19(6-2)11-10-13-20(22)17(3)14-15-24/h10,13,16-17,19H,5-9,11-12,14-15,24H2,1-4H3. The zero-order valence-electron chi connectivity index (χ0n) is 16.7. The maximum atomic E-state index is 5.87. The van der Waals surface area contributed by atoms with E-state index in [4.69, 9.17) is 5.73 Å². The second kappa shape index (κ2) is 10.3. The topological polar surface area (TPSA) is 26.0 Å². The molecule has 0 saturated heterocycles. The molecule has 0 bridgehead atoms. The minimum absolute atomic E-state index is 0.556. The predicted octanol–water partition coefficient (Wildman–Crippen LogP) is 6.90. The summed E-state index contributed by atoms with van der Waals surface area (Å²) in [7, 11) is 0. The summed E-state index contributed by atoms with van der Waals surface area (Å²) < 4.78 is 0. The third kappa shape index (κ3) is 5.08. The highest BCUT2D eigenvalue weighted by Crippen LogP contribution is 2.43. The Labute approximate surface area is 159 Å². The molecule has 0 amide bonds. The van der Waals surface area contributed by atoms with Gasteiger partial charge in [-0.1, -0.05) is 52.2 Å². The summed E-state index contributed by atoms with van der Waals surface area (Å²) in [5.74, 6) is 1.23. The Morgan fingerprint density at radius 3 is 2.72 bits per heavy atom. The van der Waals surface area contributed by atoms with Gasteiger partial charge in [0.2, 0.25) is 0 Å². The normalized spacial score (nSPS) is 18.8. The fourth-order valence-corrected chi connectivity index (χ4v) is 5.31. The van der Waals surface area contributed by atoms with Crippen LogP contribution in [0.4, 0.5) is 0 Å². The first-order valence-electron chi connectivity index (χ1n) is 10.3. The molecule has 1 nitrogen and oxygen atoms in total. The van der Waals surface area contributed by atoms with Crippen LogP contribution in [-0.4, -0.2) is 6.54 Å². The second-order valence-electron chi connectivity index (χ2n) is 7.63. The van der Waals surface area contributed by atoms with Crippen LogP contribution < -0.4 is 5.73 Å². The second-order valence-corrected chi connectivity index (χ2v) is 8.51. The maximum Gasteiger partial charge on any atom is 0.0342 e. The monoisotopic (exact) mass is 359 g/mol. The molecule has 2 atom stereocenters. The van der Waals surface area contributed by atoms with Gasteiger partial charge in [0, 0.05) is 4.88 Å². The van der Waals surface area contributed by atoms with Gasteiger partial charge < -0.3 is 5.73 Å². The van der Waals surface area contributed by atoms with Crippen LogP contribution >= 0.6 is 11.3 Å². The van der Waals surface area contributed by atoms with Crippen molar-refractivity contribution in [2.75, 3.05) is 6.54 Å². The van der Waals surface area contributed by atoms with E-state index in [1.165, 1.54) is 50.5 Å². The van der Waals surface area contributed by atoms with Gasteiger partial charge in [-0.05, 0) is 85.1 Å². The van der Waals surface area contributed by atoms with E-state index in [0.29, 0.717) is 11.8 Å². The van der Waals surface area contributed by atoms with E-state index in [2.05, 4.69) is 45.2 Å². The van der Waals surface area contributed by atoms with Gasteiger partial charge in [0.1, 0.15) is 0 Å². The molecule has 0 saturated carbocycles. The SMILES string of the molecule is CCCCCCc1c(C)csc1C1=C(C(C)CCN)C=CCC1CC. The molecular weight excluding hydrogens is 322 g/mol. The summed E-state index contributed by atoms with van der Waals surface area (Å²) >= 11 is 1.98. The first-order valence-corrected chi connectivity index (χ1v) is 11.2. The lowest BCUT2D eigenvalue weighted by Gasteiger charge is -2.28. The van der Waals surface area contributed by atoms with E-state index >= 15 is 0 Å². The number of rotatable bonds is 10. The smallest absolute Gasteiger partial charge is 0.0342 e. The van der Waals surface area contributed by atoms with E-state index in [0.717, 1.165) is 13.0 Å². The molecule has 1 aliphatic rings. The minimum atomic E-state index is 0.556. The summed E-state index contributed by atoms with van der Waals surface area (Å²) in [6.45, 7) is 10.1. The summed E-state index contributed by atoms with van der Waals surface area (Å²) in [5, 5.41) is 2.38. The Bertz CT molecular complexity index is 593. The minimum Gasteiger partial charge on any atom is -0.330 e. The number of allylic oxidation sites excluding steroid dienone is 4. The van der Waals surface area contributed by atoms with Crippen LogP contribution in [0.25, 0.3) is 5.57 Å². The number of hydrogen-bond acceptors (Lipinski definition) is 2. The van der Waals surface area contributed by atoms with Crippen molar-refractivity contribution in [3.05, 3.63) is 39.1 Å². The third-order valence-electron chi connectivity index (χ3n) is 5.69. The molecule has 0 radical (unpaired) electrons. The molecule has 0 aromatic carbocycles. The Kier molecular flexibility index (Phi) is 8.45. The van der Waals surface area contributed by atoms with Crippen molar-refractivity contribution in [3.63, 3.8) is 0 Å². The Morgan fingerprint density at radius 1 is 1.24 bits per heavy atom. The first kappa shape index (κ1) is 20.5. The predicted molar refractivity (Wildman–Crippen MR) is 114 cm³/mol. The van der Waals surface area contributed by atoms with Crippen molar-refractivity contribution in [2.45, 2.75) is 79.1 Å². The molecule has 2 unspecified atom stereocenters. The Morgan fingerprint density at radius 2 is 2.04 bits per heavy atom. The van der Waals surface area contributed by atoms with Crippen LogP contribution in [0.1, 0.15) is 81.7 Å². The largest absolute Gasteiger partial charge is 0.330 e. The molecule has 1 aromatic heterocycles. The molecule has 2 rings (SSSR count). The maximum absolute atomic E-state index is 5.87.